The van der Waals surface area contributed by atoms with Gasteiger partial charge >= 0.3 is 29.6 Å². The van der Waals surface area contributed by atoms with Gasteiger partial charge in [0.2, 0.25) is 5.91 Å². The third-order valence-corrected chi connectivity index (χ3v) is 11.5. The van der Waals surface area contributed by atoms with Crippen molar-refractivity contribution in [2.45, 2.75) is 52.1 Å². The third-order valence-electron chi connectivity index (χ3n) is 9.84. The number of benzene rings is 3. The van der Waals surface area contributed by atoms with Gasteiger partial charge in [0.15, 0.2) is 82.1 Å². The van der Waals surface area contributed by atoms with E-state index in [0.717, 1.165) is 14.4 Å². The number of nitrogens with zero attached hydrogens (tertiary/aromatic N) is 1. The van der Waals surface area contributed by atoms with Gasteiger partial charge in [-0.05, 0) is 161 Å². The first-order chi connectivity index (χ1) is 33.9. The molecule has 6 rings (SSSR count). The maximum Gasteiger partial charge on any atom is 1.00 e. The summed E-state index contributed by atoms with van der Waals surface area (Å²) in [6.07, 6.45) is 0.0805. The number of aliphatic hydroxyl groups is 1. The van der Waals surface area contributed by atoms with Gasteiger partial charge in [-0.25, -0.2) is 5.06 Å². The molecule has 0 spiro atoms. The van der Waals surface area contributed by atoms with Gasteiger partial charge in [-0.3, -0.25) is 28.8 Å². The molecule has 0 aliphatic heterocycles. The monoisotopic (exact) mass is 1290 g/mol. The Hall–Kier alpha value is -4.65. The molecule has 3 aromatic carbocycles. The fourth-order valence-electron chi connectivity index (χ4n) is 5.97. The zero-order valence-corrected chi connectivity index (χ0v) is 49.9. The minimum absolute atomic E-state index is 0. The number of halogens is 4. The molecular formula is C51H58BBr4NNaO16. The predicted molar refractivity (Wildman–Crippen MR) is 289 cm³/mol. The number of hydrogen-bond acceptors (Lipinski definition) is 16. The summed E-state index contributed by atoms with van der Waals surface area (Å²) >= 11 is 12.6. The topological polar surface area (TPSA) is 213 Å². The Labute approximate surface area is 490 Å². The largest absolute Gasteiger partial charge is 1.00 e. The maximum absolute atomic E-state index is 12.2. The fraction of sp³-hybridized carbons (Fsp3) is 0.314. The van der Waals surface area contributed by atoms with Gasteiger partial charge in [-0.15, -0.1) is 0 Å². The van der Waals surface area contributed by atoms with Crippen molar-refractivity contribution in [2.24, 2.45) is 0 Å². The number of ether oxygens (including phenoxy) is 6. The van der Waals surface area contributed by atoms with Crippen molar-refractivity contribution in [3.05, 3.63) is 138 Å². The second kappa shape index (κ2) is 36.4. The van der Waals surface area contributed by atoms with Gasteiger partial charge in [0.05, 0.1) is 49.8 Å². The molecule has 1 unspecified atom stereocenters. The zero-order valence-electron chi connectivity index (χ0n) is 42.6. The molecule has 0 fully saturated rings. The number of Topliss-reactive ketones (excluding diaryl/α,β-unsaturated/α-hetero) is 4. The molecule has 6 aromatic rings. The zero-order chi connectivity index (χ0) is 52.6. The summed E-state index contributed by atoms with van der Waals surface area (Å²) in [5.41, 5.74) is 1.48. The summed E-state index contributed by atoms with van der Waals surface area (Å²) in [5.74, 6) is 3.01. The average Bonchev–Trinajstić information content (AvgIpc) is 4.15. The Bertz CT molecular complexity index is 2680. The molecule has 23 heteroatoms. The Morgan fingerprint density at radius 1 is 0.500 bits per heavy atom. The molecule has 3 radical (unpaired) electrons. The van der Waals surface area contributed by atoms with E-state index in [4.69, 9.17) is 46.5 Å². The van der Waals surface area contributed by atoms with E-state index in [-0.39, 0.29) is 120 Å². The van der Waals surface area contributed by atoms with Gasteiger partial charge in [-0.1, -0.05) is 7.43 Å². The van der Waals surface area contributed by atoms with E-state index in [1.165, 1.54) is 56.8 Å². The van der Waals surface area contributed by atoms with Crippen LogP contribution in [0.5, 0.6) is 34.5 Å². The third kappa shape index (κ3) is 22.7. The smallest absolute Gasteiger partial charge is 1.00 e. The van der Waals surface area contributed by atoms with Crippen LogP contribution < -0.4 is 58.0 Å². The van der Waals surface area contributed by atoms with Crippen molar-refractivity contribution in [1.29, 1.82) is 0 Å². The molecule has 0 saturated carbocycles. The normalized spacial score (nSPS) is 10.2. The van der Waals surface area contributed by atoms with Crippen molar-refractivity contribution in [3.8, 4) is 34.5 Å². The van der Waals surface area contributed by atoms with Crippen molar-refractivity contribution in [2.75, 3.05) is 56.8 Å². The number of carbonyl (C=O) groups is 5. The molecule has 3 heterocycles. The van der Waals surface area contributed by atoms with Crippen molar-refractivity contribution < 1.29 is 107 Å². The number of methoxy groups -OCH3 is 6. The van der Waals surface area contributed by atoms with Gasteiger partial charge in [0.25, 0.3) is 0 Å². The molecule has 1 amide bonds. The van der Waals surface area contributed by atoms with Crippen LogP contribution in [0.2, 0.25) is 0 Å². The van der Waals surface area contributed by atoms with Gasteiger partial charge in [-0.2, -0.15) is 0 Å². The molecule has 395 valence electrons. The van der Waals surface area contributed by atoms with E-state index >= 15 is 0 Å². The Balaban J connectivity index is 0. The molecular weight excluding hydrogens is 1240 g/mol. The van der Waals surface area contributed by atoms with Crippen molar-refractivity contribution in [3.63, 3.8) is 0 Å². The van der Waals surface area contributed by atoms with Crippen molar-refractivity contribution in [1.82, 2.24) is 5.06 Å². The first-order valence-electron chi connectivity index (χ1n) is 21.1. The number of hydrogen-bond donors (Lipinski definition) is 1. The van der Waals surface area contributed by atoms with Crippen LogP contribution in [0.1, 0.15) is 101 Å². The summed E-state index contributed by atoms with van der Waals surface area (Å²) in [7, 11) is 12.0. The number of hydroxylamine groups is 2. The molecule has 3 aromatic heterocycles. The predicted octanol–water partition coefficient (Wildman–Crippen LogP) is 9.52. The Morgan fingerprint density at radius 3 is 1.19 bits per heavy atom. The Kier molecular flexibility index (Phi) is 34.1. The van der Waals surface area contributed by atoms with Crippen molar-refractivity contribution >= 4 is 101 Å². The fourth-order valence-corrected chi connectivity index (χ4v) is 7.42. The van der Waals surface area contributed by atoms with Crippen LogP contribution in [0.4, 0.5) is 0 Å². The van der Waals surface area contributed by atoms with E-state index in [1.54, 1.807) is 78.9 Å². The number of furan rings is 3. The van der Waals surface area contributed by atoms with E-state index in [1.807, 2.05) is 12.1 Å². The van der Waals surface area contributed by atoms with Crippen LogP contribution in [0.25, 0.3) is 0 Å². The van der Waals surface area contributed by atoms with Gasteiger partial charge in [0, 0.05) is 64.3 Å². The second-order valence-electron chi connectivity index (χ2n) is 14.3. The van der Waals surface area contributed by atoms with Crippen LogP contribution in [0.3, 0.4) is 0 Å². The summed E-state index contributed by atoms with van der Waals surface area (Å²) in [6.45, 7) is 0. The number of ketones is 4. The quantitative estimate of drug-likeness (QED) is 0.0404. The summed E-state index contributed by atoms with van der Waals surface area (Å²) in [5, 5.41) is 11.1. The maximum atomic E-state index is 12.2. The van der Waals surface area contributed by atoms with Crippen LogP contribution in [-0.4, -0.2) is 104 Å². The molecule has 1 atom stereocenters. The van der Waals surface area contributed by atoms with Crippen LogP contribution in [0, 0.1) is 0 Å². The van der Waals surface area contributed by atoms with Gasteiger partial charge < -0.3 is 48.2 Å². The molecule has 0 aliphatic carbocycles. The summed E-state index contributed by atoms with van der Waals surface area (Å²) in [4.78, 5) is 64.6. The Morgan fingerprint density at radius 2 is 0.851 bits per heavy atom. The van der Waals surface area contributed by atoms with Crippen LogP contribution in [-0.2, 0) is 9.63 Å². The summed E-state index contributed by atoms with van der Waals surface area (Å²) < 4.78 is 48.7. The standard InChI is InChI=1S/C16H17BrO5.C16H15BrO5.C14H19NO5.C4H2Br2O.CH4.B.Na.H/c2*1-20-14-6-3-10(9-15(14)21-2)11(18)4-5-12(19)13-7-8-16(17)22-13;1-15(20-4)14(17)8-6-11(16)10-5-7-12(18-2)13(9-10)19-3;5-3-1-2-4(6)7-3;;;;/h3,6-9,12,19H,4-5H2,1-2H3;3,6-9H,4-5H2,1-2H3;5,7,9H,6,8H2,1-4H3;1-2H;1H4;;;/q;;;;;;+1;-1. The van der Waals surface area contributed by atoms with E-state index < -0.39 is 6.10 Å². The molecule has 74 heavy (non-hydrogen) atoms. The first-order valence-corrected chi connectivity index (χ1v) is 24.3. The number of carbonyl (C=O) groups excluding carboxylic acids is 5. The van der Waals surface area contributed by atoms with Crippen LogP contribution >= 0.6 is 63.7 Å². The number of amides is 1. The SMILES string of the molecule is Brc1ccc(Br)o1.C.COc1ccc(C(=O)CCC(=O)N(C)OC)cc1OC.COc1ccc(C(=O)CCC(=O)c2ccc(Br)o2)cc1OC.COc1ccc(C(=O)CCC(O)c2ccc(Br)o2)cc1OC.[B].[H-].[Na+]. The van der Waals surface area contributed by atoms with E-state index in [9.17, 15) is 29.1 Å². The minimum Gasteiger partial charge on any atom is -1.00 e. The molecule has 0 saturated heterocycles. The van der Waals surface area contributed by atoms with Crippen LogP contribution in [0.15, 0.2) is 123 Å². The average molecular weight is 1290 g/mol. The summed E-state index contributed by atoms with van der Waals surface area (Å²) in [6, 6.07) is 25.1. The molecule has 1 N–H and O–H groups in total. The first kappa shape index (κ1) is 69.4. The molecule has 0 aliphatic rings. The van der Waals surface area contributed by atoms with E-state index in [0.29, 0.717) is 66.3 Å². The number of rotatable bonds is 21. The van der Waals surface area contributed by atoms with E-state index in [2.05, 4.69) is 63.7 Å². The molecule has 17 nitrogen and oxygen atoms in total. The minimum atomic E-state index is -0.810. The number of aliphatic hydroxyl groups excluding tert-OH is 1. The van der Waals surface area contributed by atoms with Gasteiger partial charge in [0.1, 0.15) is 11.9 Å². The molecule has 0 bridgehead atoms. The second-order valence-corrected chi connectivity index (χ2v) is 17.4.